The zero-order valence-corrected chi connectivity index (χ0v) is 15.7. The zero-order valence-electron chi connectivity index (χ0n) is 14.9. The van der Waals surface area contributed by atoms with Gasteiger partial charge in [0, 0.05) is 31.6 Å². The van der Waals surface area contributed by atoms with Crippen LogP contribution in [0.15, 0.2) is 34.9 Å². The first-order valence-electron chi connectivity index (χ1n) is 8.61. The van der Waals surface area contributed by atoms with Crippen LogP contribution < -0.4 is 0 Å². The number of hydrogen-bond acceptors (Lipinski definition) is 5. The first kappa shape index (κ1) is 17.6. The van der Waals surface area contributed by atoms with E-state index in [1.807, 2.05) is 14.0 Å². The molecule has 2 aliphatic rings. The maximum atomic E-state index is 13.3. The summed E-state index contributed by atoms with van der Waals surface area (Å²) < 4.78 is 46.0. The number of likely N-dealkylation sites (tertiary alicyclic amines) is 1. The summed E-state index contributed by atoms with van der Waals surface area (Å²) in [6.07, 6.45) is 1.71. The summed E-state index contributed by atoms with van der Waals surface area (Å²) in [5, 5.41) is 0. The topological polar surface area (TPSA) is 66.7 Å². The summed E-state index contributed by atoms with van der Waals surface area (Å²) >= 11 is 0. The van der Waals surface area contributed by atoms with Crippen LogP contribution >= 0.6 is 0 Å². The second-order valence-electron chi connectivity index (χ2n) is 7.58. The van der Waals surface area contributed by atoms with Crippen LogP contribution in [-0.2, 0) is 15.8 Å². The van der Waals surface area contributed by atoms with E-state index in [0.717, 1.165) is 18.8 Å². The summed E-state index contributed by atoms with van der Waals surface area (Å²) in [6, 6.07) is 5.75. The van der Waals surface area contributed by atoms with Crippen LogP contribution in [0.25, 0.3) is 0 Å². The molecule has 1 unspecified atom stereocenters. The van der Waals surface area contributed by atoms with Crippen LogP contribution in [0, 0.1) is 18.2 Å². The number of rotatable bonds is 4. The molecule has 2 saturated heterocycles. The monoisotopic (exact) mass is 379 g/mol. The van der Waals surface area contributed by atoms with Gasteiger partial charge in [-0.2, -0.15) is 0 Å². The number of likely N-dealkylation sites (N-methyl/N-ethyl adjacent to an activating group) is 1. The van der Waals surface area contributed by atoms with Gasteiger partial charge in [0.1, 0.15) is 11.6 Å². The molecule has 140 valence electrons. The highest BCUT2D eigenvalue weighted by atomic mass is 32.2. The lowest BCUT2D eigenvalue weighted by Crippen LogP contribution is -2.61. The van der Waals surface area contributed by atoms with Crippen molar-refractivity contribution in [1.82, 2.24) is 14.2 Å². The Morgan fingerprint density at radius 2 is 2.12 bits per heavy atom. The third kappa shape index (κ3) is 3.06. The molecule has 0 N–H and O–H groups in total. The average Bonchev–Trinajstić information content (AvgIpc) is 3.08. The number of sulfonamides is 1. The van der Waals surface area contributed by atoms with Crippen molar-refractivity contribution in [2.75, 3.05) is 33.2 Å². The average molecular weight is 379 g/mol. The van der Waals surface area contributed by atoms with Gasteiger partial charge in [-0.15, -0.1) is 0 Å². The Kier molecular flexibility index (Phi) is 4.17. The fourth-order valence-corrected chi connectivity index (χ4v) is 5.88. The molecule has 0 saturated carbocycles. The SMILES string of the molecule is Cc1cnc(C2CN(C)CC23CN(S(=O)(=O)Cc2cccc(F)c2)C3)o1. The molecular formula is C18H22FN3O3S. The van der Waals surface area contributed by atoms with Crippen LogP contribution in [0.2, 0.25) is 0 Å². The second-order valence-corrected chi connectivity index (χ2v) is 9.54. The van der Waals surface area contributed by atoms with Crippen LogP contribution in [0.4, 0.5) is 4.39 Å². The number of halogens is 1. The van der Waals surface area contributed by atoms with E-state index >= 15 is 0 Å². The third-order valence-electron chi connectivity index (χ3n) is 5.37. The van der Waals surface area contributed by atoms with Crippen LogP contribution in [0.1, 0.15) is 23.1 Å². The van der Waals surface area contributed by atoms with Crippen LogP contribution in [-0.4, -0.2) is 55.8 Å². The first-order chi connectivity index (χ1) is 12.3. The molecule has 2 aromatic rings. The van der Waals surface area contributed by atoms with Gasteiger partial charge in [-0.05, 0) is 31.7 Å². The lowest BCUT2D eigenvalue weighted by atomic mass is 9.73. The van der Waals surface area contributed by atoms with Gasteiger partial charge in [0.05, 0.1) is 17.9 Å². The molecule has 1 spiro atoms. The van der Waals surface area contributed by atoms with E-state index in [0.29, 0.717) is 24.5 Å². The van der Waals surface area contributed by atoms with E-state index < -0.39 is 15.8 Å². The molecule has 4 rings (SSSR count). The molecule has 0 bridgehead atoms. The van der Waals surface area contributed by atoms with Gasteiger partial charge >= 0.3 is 0 Å². The number of hydrogen-bond donors (Lipinski definition) is 0. The van der Waals surface area contributed by atoms with Crippen LogP contribution in [0.5, 0.6) is 0 Å². The van der Waals surface area contributed by atoms with E-state index in [4.69, 9.17) is 4.42 Å². The lowest BCUT2D eigenvalue weighted by Gasteiger charge is -2.49. The molecule has 1 aromatic heterocycles. The van der Waals surface area contributed by atoms with Gasteiger partial charge < -0.3 is 9.32 Å². The van der Waals surface area contributed by atoms with Gasteiger partial charge in [0.15, 0.2) is 5.89 Å². The van der Waals surface area contributed by atoms with E-state index in [1.165, 1.54) is 22.5 Å². The molecule has 0 amide bonds. The van der Waals surface area contributed by atoms with Crippen LogP contribution in [0.3, 0.4) is 0 Å². The summed E-state index contributed by atoms with van der Waals surface area (Å²) in [6.45, 7) is 4.36. The minimum Gasteiger partial charge on any atom is -0.446 e. The Bertz CT molecular complexity index is 921. The summed E-state index contributed by atoms with van der Waals surface area (Å²) in [5.41, 5.74) is 0.301. The minimum absolute atomic E-state index is 0.0850. The number of aromatic nitrogens is 1. The fraction of sp³-hybridized carbons (Fsp3) is 0.500. The Morgan fingerprint density at radius 3 is 2.77 bits per heavy atom. The number of benzene rings is 1. The molecule has 2 fully saturated rings. The van der Waals surface area contributed by atoms with Crippen molar-refractivity contribution in [3.63, 3.8) is 0 Å². The zero-order chi connectivity index (χ0) is 18.5. The predicted octanol–water partition coefficient (Wildman–Crippen LogP) is 1.98. The van der Waals surface area contributed by atoms with Gasteiger partial charge in [-0.1, -0.05) is 12.1 Å². The molecular weight excluding hydrogens is 357 g/mol. The van der Waals surface area contributed by atoms with Gasteiger partial charge in [0.2, 0.25) is 10.0 Å². The maximum Gasteiger partial charge on any atom is 0.218 e. The summed E-state index contributed by atoms with van der Waals surface area (Å²) in [7, 11) is -1.45. The van der Waals surface area contributed by atoms with Crippen molar-refractivity contribution >= 4 is 10.0 Å². The largest absolute Gasteiger partial charge is 0.446 e. The fourth-order valence-electron chi connectivity index (χ4n) is 4.19. The molecule has 0 radical (unpaired) electrons. The highest BCUT2D eigenvalue weighted by molar-refractivity contribution is 7.88. The van der Waals surface area contributed by atoms with E-state index in [1.54, 1.807) is 12.3 Å². The molecule has 2 aliphatic heterocycles. The molecule has 6 nitrogen and oxygen atoms in total. The summed E-state index contributed by atoms with van der Waals surface area (Å²) in [5.74, 6) is 0.935. The molecule has 1 aromatic carbocycles. The van der Waals surface area contributed by atoms with E-state index in [2.05, 4.69) is 9.88 Å². The van der Waals surface area contributed by atoms with Gasteiger partial charge in [-0.3, -0.25) is 0 Å². The smallest absolute Gasteiger partial charge is 0.218 e. The molecule has 26 heavy (non-hydrogen) atoms. The molecule has 3 heterocycles. The highest BCUT2D eigenvalue weighted by Crippen LogP contribution is 2.49. The first-order valence-corrected chi connectivity index (χ1v) is 10.2. The summed E-state index contributed by atoms with van der Waals surface area (Å²) in [4.78, 5) is 6.57. The maximum absolute atomic E-state index is 13.3. The molecule has 8 heteroatoms. The van der Waals surface area contributed by atoms with Crippen molar-refractivity contribution in [3.8, 4) is 0 Å². The highest BCUT2D eigenvalue weighted by Gasteiger charge is 2.58. The quantitative estimate of drug-likeness (QED) is 0.813. The molecule has 0 aliphatic carbocycles. The number of oxazole rings is 1. The number of nitrogens with zero attached hydrogens (tertiary/aromatic N) is 3. The third-order valence-corrected chi connectivity index (χ3v) is 7.11. The Morgan fingerprint density at radius 1 is 1.35 bits per heavy atom. The lowest BCUT2D eigenvalue weighted by molar-refractivity contribution is 0.0580. The normalized spacial score (nSPS) is 23.4. The molecule has 1 atom stereocenters. The minimum atomic E-state index is -3.48. The second kappa shape index (κ2) is 6.14. The van der Waals surface area contributed by atoms with E-state index in [9.17, 15) is 12.8 Å². The van der Waals surface area contributed by atoms with E-state index in [-0.39, 0.29) is 17.1 Å². The van der Waals surface area contributed by atoms with Crippen molar-refractivity contribution in [2.45, 2.75) is 18.6 Å². The van der Waals surface area contributed by atoms with Gasteiger partial charge in [-0.25, -0.2) is 22.1 Å². The Labute approximate surface area is 152 Å². The van der Waals surface area contributed by atoms with Crippen molar-refractivity contribution < 1.29 is 17.2 Å². The Hall–Kier alpha value is -1.77. The van der Waals surface area contributed by atoms with Crippen molar-refractivity contribution in [3.05, 3.63) is 53.5 Å². The standard InChI is InChI=1S/C18H22FN3O3S/c1-13-7-20-17(25-13)16-8-21(2)10-18(16)11-22(12-18)26(23,24)9-14-4-3-5-15(19)6-14/h3-7,16H,8-12H2,1-2H3. The number of aryl methyl sites for hydroxylation is 1. The van der Waals surface area contributed by atoms with Crippen molar-refractivity contribution in [2.24, 2.45) is 5.41 Å². The van der Waals surface area contributed by atoms with Crippen molar-refractivity contribution in [1.29, 1.82) is 0 Å². The predicted molar refractivity (Wildman–Crippen MR) is 94.5 cm³/mol. The van der Waals surface area contributed by atoms with Gasteiger partial charge in [0.25, 0.3) is 0 Å². The Balaban J connectivity index is 1.50.